The molecule has 5 unspecified atom stereocenters. The Hall–Kier alpha value is -0.780. The van der Waals surface area contributed by atoms with Crippen LogP contribution >= 0.6 is 0 Å². The van der Waals surface area contributed by atoms with Crippen molar-refractivity contribution in [3.63, 3.8) is 0 Å². The second kappa shape index (κ2) is 8.54. The lowest BCUT2D eigenvalue weighted by Gasteiger charge is -2.44. The van der Waals surface area contributed by atoms with Crippen molar-refractivity contribution in [3.05, 3.63) is 36.0 Å². The van der Waals surface area contributed by atoms with Crippen LogP contribution in [0.1, 0.15) is 86.0 Å². The van der Waals surface area contributed by atoms with Gasteiger partial charge in [0, 0.05) is 0 Å². The molecule has 0 amide bonds. The third kappa shape index (κ3) is 3.89. The van der Waals surface area contributed by atoms with Crippen LogP contribution in [0.2, 0.25) is 0 Å². The molecule has 0 aromatic rings. The summed E-state index contributed by atoms with van der Waals surface area (Å²) in [5.41, 5.74) is 3.70. The van der Waals surface area contributed by atoms with E-state index in [-0.39, 0.29) is 0 Å². The number of allylic oxidation sites excluding steroid dienone is 5. The van der Waals surface area contributed by atoms with E-state index in [9.17, 15) is 0 Å². The van der Waals surface area contributed by atoms with Gasteiger partial charge in [-0.1, -0.05) is 77.8 Å². The van der Waals surface area contributed by atoms with E-state index in [0.717, 1.165) is 17.8 Å². The summed E-state index contributed by atoms with van der Waals surface area (Å²) in [7, 11) is 0. The first-order chi connectivity index (χ1) is 11.5. The van der Waals surface area contributed by atoms with Gasteiger partial charge in [0.15, 0.2) is 0 Å². The minimum atomic E-state index is 0.553. The van der Waals surface area contributed by atoms with Crippen molar-refractivity contribution in [1.82, 2.24) is 0 Å². The van der Waals surface area contributed by atoms with Gasteiger partial charge in [0.2, 0.25) is 0 Å². The summed E-state index contributed by atoms with van der Waals surface area (Å²) < 4.78 is 0. The van der Waals surface area contributed by atoms with Crippen molar-refractivity contribution >= 4 is 0 Å². The molecule has 0 spiro atoms. The monoisotopic (exact) mass is 328 g/mol. The first-order valence-corrected chi connectivity index (χ1v) is 10.5. The molecule has 0 saturated heterocycles. The maximum Gasteiger partial charge on any atom is -0.0143 e. The van der Waals surface area contributed by atoms with Gasteiger partial charge in [-0.05, 0) is 73.2 Å². The summed E-state index contributed by atoms with van der Waals surface area (Å²) in [6, 6.07) is 0. The minimum absolute atomic E-state index is 0.553. The van der Waals surface area contributed by atoms with Gasteiger partial charge >= 0.3 is 0 Å². The summed E-state index contributed by atoms with van der Waals surface area (Å²) in [5, 5.41) is 0. The average Bonchev–Trinajstić information content (AvgIpc) is 2.93. The van der Waals surface area contributed by atoms with Crippen LogP contribution in [0.15, 0.2) is 36.0 Å². The molecule has 0 N–H and O–H groups in total. The molecule has 0 heterocycles. The van der Waals surface area contributed by atoms with E-state index in [0.29, 0.717) is 11.3 Å². The Kier molecular flexibility index (Phi) is 6.96. The van der Waals surface area contributed by atoms with E-state index in [1.165, 1.54) is 56.9 Å². The van der Waals surface area contributed by atoms with Gasteiger partial charge in [-0.25, -0.2) is 0 Å². The molecular weight excluding hydrogens is 288 g/mol. The van der Waals surface area contributed by atoms with Crippen molar-refractivity contribution in [1.29, 1.82) is 0 Å². The number of rotatable bonds is 7. The second-order valence-corrected chi connectivity index (χ2v) is 8.78. The summed E-state index contributed by atoms with van der Waals surface area (Å²) in [4.78, 5) is 0. The largest absolute Gasteiger partial charge is 0.0988 e. The van der Waals surface area contributed by atoms with Crippen molar-refractivity contribution < 1.29 is 0 Å². The second-order valence-electron chi connectivity index (χ2n) is 8.78. The van der Waals surface area contributed by atoms with Crippen LogP contribution in [0, 0.1) is 29.1 Å². The summed E-state index contributed by atoms with van der Waals surface area (Å²) >= 11 is 0. The maximum atomic E-state index is 4.03. The van der Waals surface area contributed by atoms with Crippen LogP contribution in [-0.2, 0) is 0 Å². The zero-order valence-corrected chi connectivity index (χ0v) is 16.9. The first-order valence-electron chi connectivity index (χ1n) is 10.5. The van der Waals surface area contributed by atoms with Crippen molar-refractivity contribution in [2.75, 3.05) is 0 Å². The zero-order valence-electron chi connectivity index (χ0n) is 16.9. The number of hydrogen-bond acceptors (Lipinski definition) is 0. The van der Waals surface area contributed by atoms with Crippen molar-refractivity contribution in [3.8, 4) is 0 Å². The molecule has 2 saturated carbocycles. The molecule has 2 rings (SSSR count). The van der Waals surface area contributed by atoms with Crippen molar-refractivity contribution in [2.24, 2.45) is 29.1 Å². The highest BCUT2D eigenvalue weighted by Crippen LogP contribution is 2.59. The van der Waals surface area contributed by atoms with Gasteiger partial charge in [-0.15, -0.1) is 0 Å². The van der Waals surface area contributed by atoms with E-state index in [2.05, 4.69) is 59.4 Å². The predicted octanol–water partition coefficient (Wildman–Crippen LogP) is 7.72. The Morgan fingerprint density at radius 1 is 1.29 bits per heavy atom. The Morgan fingerprint density at radius 3 is 2.67 bits per heavy atom. The van der Waals surface area contributed by atoms with Gasteiger partial charge in [-0.3, -0.25) is 0 Å². The smallest absolute Gasteiger partial charge is 0.0143 e. The molecule has 0 bridgehead atoms. The molecule has 2 aliphatic carbocycles. The zero-order chi connectivity index (χ0) is 17.7. The summed E-state index contributed by atoms with van der Waals surface area (Å²) in [6.07, 6.45) is 17.9. The molecule has 5 atom stereocenters. The Morgan fingerprint density at radius 2 is 2.04 bits per heavy atom. The van der Waals surface area contributed by atoms with E-state index < -0.39 is 0 Å². The van der Waals surface area contributed by atoms with E-state index >= 15 is 0 Å². The number of hydrogen-bond donors (Lipinski definition) is 0. The fourth-order valence-corrected chi connectivity index (χ4v) is 5.74. The van der Waals surface area contributed by atoms with Gasteiger partial charge in [0.1, 0.15) is 0 Å². The van der Waals surface area contributed by atoms with Gasteiger partial charge in [0.25, 0.3) is 0 Å². The van der Waals surface area contributed by atoms with Crippen LogP contribution < -0.4 is 0 Å². The highest BCUT2D eigenvalue weighted by molar-refractivity contribution is 5.29. The van der Waals surface area contributed by atoms with Gasteiger partial charge in [0.05, 0.1) is 0 Å². The molecule has 24 heavy (non-hydrogen) atoms. The van der Waals surface area contributed by atoms with E-state index in [1.807, 2.05) is 0 Å². The third-order valence-electron chi connectivity index (χ3n) is 7.38. The first kappa shape index (κ1) is 19.5. The molecule has 0 radical (unpaired) electrons. The lowest BCUT2D eigenvalue weighted by atomic mass is 9.61. The fourth-order valence-electron chi connectivity index (χ4n) is 5.74. The molecular formula is C24H40. The fraction of sp³-hybridized carbons (Fsp3) is 0.750. The van der Waals surface area contributed by atoms with Crippen LogP contribution in [0.4, 0.5) is 0 Å². The summed E-state index contributed by atoms with van der Waals surface area (Å²) in [6.45, 7) is 16.1. The molecule has 0 aromatic carbocycles. The molecule has 2 aliphatic rings. The Balaban J connectivity index is 2.21. The van der Waals surface area contributed by atoms with Gasteiger partial charge < -0.3 is 0 Å². The average molecular weight is 329 g/mol. The molecule has 0 aromatic heterocycles. The molecule has 136 valence electrons. The summed E-state index contributed by atoms with van der Waals surface area (Å²) in [5.74, 6) is 3.28. The molecule has 0 aliphatic heterocycles. The third-order valence-corrected chi connectivity index (χ3v) is 7.38. The quantitative estimate of drug-likeness (QED) is 0.419. The van der Waals surface area contributed by atoms with Crippen LogP contribution in [-0.4, -0.2) is 0 Å². The van der Waals surface area contributed by atoms with E-state index in [1.54, 1.807) is 5.57 Å². The topological polar surface area (TPSA) is 0 Å². The molecule has 2 fully saturated rings. The standard InChI is InChI=1S/C24H40/c1-7-11-19(5)22-15-16-23-21(12-10-17-24(22,23)6)14-13-20(9-3)18(4)8-2/h9,13-14,18-19,22-23H,3,7-8,10-12,15-17H2,1-2,4-6H3/b20-13+,21-14+. The highest BCUT2D eigenvalue weighted by atomic mass is 14.5. The van der Waals surface area contributed by atoms with Crippen molar-refractivity contribution in [2.45, 2.75) is 86.0 Å². The minimum Gasteiger partial charge on any atom is -0.0988 e. The molecule has 0 nitrogen and oxygen atoms in total. The normalized spacial score (nSPS) is 34.9. The number of fused-ring (bicyclic) bond motifs is 1. The van der Waals surface area contributed by atoms with Crippen LogP contribution in [0.3, 0.4) is 0 Å². The lowest BCUT2D eigenvalue weighted by Crippen LogP contribution is -2.35. The highest BCUT2D eigenvalue weighted by Gasteiger charge is 2.50. The Bertz CT molecular complexity index is 480. The van der Waals surface area contributed by atoms with E-state index in [4.69, 9.17) is 0 Å². The predicted molar refractivity (Wildman–Crippen MR) is 108 cm³/mol. The van der Waals surface area contributed by atoms with Gasteiger partial charge in [-0.2, -0.15) is 0 Å². The lowest BCUT2D eigenvalue weighted by molar-refractivity contribution is 0.0940. The SMILES string of the molecule is C=C/C(=C\C=C1/CCCC2(C)C1CCC2C(C)CCC)C(C)CC. The van der Waals surface area contributed by atoms with Crippen LogP contribution in [0.5, 0.6) is 0 Å². The van der Waals surface area contributed by atoms with Crippen LogP contribution in [0.25, 0.3) is 0 Å². The molecule has 0 heteroatoms. The maximum absolute atomic E-state index is 4.03. The Labute approximate surface area is 151 Å².